The van der Waals surface area contributed by atoms with Gasteiger partial charge in [0.15, 0.2) is 11.6 Å². The highest BCUT2D eigenvalue weighted by atomic mass is 35.5. The van der Waals surface area contributed by atoms with Crippen LogP contribution in [0.4, 0.5) is 10.2 Å². The number of hydrogen-bond donors (Lipinski definition) is 2. The average molecular weight is 443 g/mol. The van der Waals surface area contributed by atoms with Crippen molar-refractivity contribution in [3.05, 3.63) is 106 Å². The first-order valence-electron chi connectivity index (χ1n) is 8.92. The molecule has 0 unspecified atom stereocenters. The van der Waals surface area contributed by atoms with E-state index < -0.39 is 0 Å². The monoisotopic (exact) mass is 442 g/mol. The lowest BCUT2D eigenvalue weighted by molar-refractivity contribution is -0.110. The van der Waals surface area contributed by atoms with Gasteiger partial charge >= 0.3 is 0 Å². The van der Waals surface area contributed by atoms with E-state index in [9.17, 15) is 9.18 Å². The third-order valence-electron chi connectivity index (χ3n) is 3.95. The maximum absolute atomic E-state index is 12.8. The predicted molar refractivity (Wildman–Crippen MR) is 118 cm³/mol. The molecule has 152 valence electrons. The molecule has 0 saturated heterocycles. The van der Waals surface area contributed by atoms with Gasteiger partial charge in [0.05, 0.1) is 5.69 Å². The maximum Gasteiger partial charge on any atom is 0.180 e. The fourth-order valence-electron chi connectivity index (χ4n) is 2.43. The Hall–Kier alpha value is -3.22. The van der Waals surface area contributed by atoms with Crippen molar-refractivity contribution in [3.63, 3.8) is 0 Å². The van der Waals surface area contributed by atoms with Crippen molar-refractivity contribution in [2.75, 3.05) is 5.43 Å². The second kappa shape index (κ2) is 10.5. The molecule has 0 aliphatic rings. The van der Waals surface area contributed by atoms with Gasteiger partial charge < -0.3 is 5.43 Å². The van der Waals surface area contributed by atoms with Crippen LogP contribution in [-0.2, 0) is 11.2 Å². The molecule has 30 heavy (non-hydrogen) atoms. The summed E-state index contributed by atoms with van der Waals surface area (Å²) >= 11 is 12.1. The topological polar surface area (TPSA) is 66.9 Å². The first kappa shape index (κ1) is 21.5. The molecule has 2 N–H and O–H groups in total. The number of rotatable bonds is 8. The second-order valence-corrected chi connectivity index (χ2v) is 7.06. The van der Waals surface area contributed by atoms with Crippen LogP contribution in [0.3, 0.4) is 0 Å². The number of ketones is 1. The molecule has 0 amide bonds. The minimum absolute atomic E-state index is 0.227. The van der Waals surface area contributed by atoms with E-state index in [1.165, 1.54) is 30.5 Å². The van der Waals surface area contributed by atoms with Gasteiger partial charge in [-0.1, -0.05) is 47.5 Å². The third kappa shape index (κ3) is 6.69. The Morgan fingerprint density at radius 1 is 1.00 bits per heavy atom. The van der Waals surface area contributed by atoms with E-state index in [-0.39, 0.29) is 11.6 Å². The minimum atomic E-state index is -0.321. The third-order valence-corrected chi connectivity index (χ3v) is 4.53. The molecule has 3 rings (SSSR count). The van der Waals surface area contributed by atoms with Gasteiger partial charge in [0, 0.05) is 28.7 Å². The van der Waals surface area contributed by atoms with Crippen molar-refractivity contribution in [1.82, 2.24) is 15.6 Å². The summed E-state index contributed by atoms with van der Waals surface area (Å²) in [6, 6.07) is 14.7. The standard InChI is InChI=1S/C22H17Cl2FN4O/c23-17-5-4-16(21(24)14-17)13-19-8-10-22(29-27-19)28-26-12-11-20(30)9-3-15-1-6-18(25)7-2-15/h1-12,14,26H,13H2,(H,28,29). The van der Waals surface area contributed by atoms with Crippen LogP contribution in [0.1, 0.15) is 16.8 Å². The fraction of sp³-hybridized carbons (Fsp3) is 0.0455. The minimum Gasteiger partial charge on any atom is -0.307 e. The summed E-state index contributed by atoms with van der Waals surface area (Å²) in [6.07, 6.45) is 6.32. The van der Waals surface area contributed by atoms with E-state index >= 15 is 0 Å². The van der Waals surface area contributed by atoms with Gasteiger partial charge in [0.1, 0.15) is 5.82 Å². The highest BCUT2D eigenvalue weighted by Gasteiger charge is 2.04. The molecule has 5 nitrogen and oxygen atoms in total. The summed E-state index contributed by atoms with van der Waals surface area (Å²) in [7, 11) is 0. The van der Waals surface area contributed by atoms with Crippen LogP contribution in [0.5, 0.6) is 0 Å². The number of nitrogens with one attached hydrogen (secondary N) is 2. The molecule has 0 aliphatic carbocycles. The van der Waals surface area contributed by atoms with Crippen LogP contribution >= 0.6 is 23.2 Å². The zero-order chi connectivity index (χ0) is 21.3. The molecule has 0 aliphatic heterocycles. The number of allylic oxidation sites excluding steroid dienone is 2. The van der Waals surface area contributed by atoms with Gasteiger partial charge in [-0.15, -0.1) is 5.10 Å². The number of nitrogens with zero attached hydrogens (tertiary/aromatic N) is 2. The maximum atomic E-state index is 12.8. The van der Waals surface area contributed by atoms with Crippen LogP contribution in [0, 0.1) is 5.82 Å². The molecule has 2 aromatic carbocycles. The zero-order valence-corrected chi connectivity index (χ0v) is 17.2. The first-order chi connectivity index (χ1) is 14.5. The number of aromatic nitrogens is 2. The molecule has 0 atom stereocenters. The molecular formula is C22H17Cl2FN4O. The second-order valence-electron chi connectivity index (χ2n) is 6.21. The molecule has 0 saturated carbocycles. The van der Waals surface area contributed by atoms with Gasteiger partial charge in [-0.3, -0.25) is 10.2 Å². The lowest BCUT2D eigenvalue weighted by atomic mass is 10.1. The van der Waals surface area contributed by atoms with E-state index in [0.29, 0.717) is 22.3 Å². The summed E-state index contributed by atoms with van der Waals surface area (Å²) in [6.45, 7) is 0. The summed E-state index contributed by atoms with van der Waals surface area (Å²) in [5.74, 6) is -0.0617. The Bertz CT molecular complexity index is 1070. The lowest BCUT2D eigenvalue weighted by Crippen LogP contribution is -2.16. The molecule has 8 heteroatoms. The Kier molecular flexibility index (Phi) is 7.54. The number of benzene rings is 2. The molecular weight excluding hydrogens is 426 g/mol. The van der Waals surface area contributed by atoms with Crippen molar-refractivity contribution in [3.8, 4) is 0 Å². The number of halogens is 3. The van der Waals surface area contributed by atoms with Crippen LogP contribution in [0.15, 0.2) is 72.9 Å². The highest BCUT2D eigenvalue weighted by Crippen LogP contribution is 2.22. The molecule has 0 radical (unpaired) electrons. The normalized spacial score (nSPS) is 11.2. The van der Waals surface area contributed by atoms with Crippen molar-refractivity contribution in [1.29, 1.82) is 0 Å². The summed E-state index contributed by atoms with van der Waals surface area (Å²) < 4.78 is 12.8. The van der Waals surface area contributed by atoms with Crippen molar-refractivity contribution >= 4 is 40.9 Å². The quantitative estimate of drug-likeness (QED) is 0.369. The van der Waals surface area contributed by atoms with Crippen LogP contribution in [0.2, 0.25) is 10.0 Å². The molecule has 0 fully saturated rings. The predicted octanol–water partition coefficient (Wildman–Crippen LogP) is 5.23. The lowest BCUT2D eigenvalue weighted by Gasteiger charge is -2.06. The van der Waals surface area contributed by atoms with E-state index in [2.05, 4.69) is 21.0 Å². The van der Waals surface area contributed by atoms with Crippen LogP contribution in [0.25, 0.3) is 6.08 Å². The smallest absolute Gasteiger partial charge is 0.180 e. The van der Waals surface area contributed by atoms with Gasteiger partial charge in [0.25, 0.3) is 0 Å². The number of hydrogen-bond acceptors (Lipinski definition) is 5. The van der Waals surface area contributed by atoms with Crippen LogP contribution < -0.4 is 10.9 Å². The van der Waals surface area contributed by atoms with Gasteiger partial charge in [-0.2, -0.15) is 5.10 Å². The SMILES string of the molecule is O=C(C=CNNc1ccc(Cc2ccc(Cl)cc2Cl)nn1)C=Cc1ccc(F)cc1. The molecule has 1 aromatic heterocycles. The largest absolute Gasteiger partial charge is 0.307 e. The molecule has 1 heterocycles. The van der Waals surface area contributed by atoms with E-state index in [1.807, 2.05) is 12.1 Å². The summed E-state index contributed by atoms with van der Waals surface area (Å²) in [4.78, 5) is 11.8. The zero-order valence-electron chi connectivity index (χ0n) is 15.6. The Morgan fingerprint density at radius 3 is 2.50 bits per heavy atom. The summed E-state index contributed by atoms with van der Waals surface area (Å²) in [5.41, 5.74) is 7.96. The van der Waals surface area contributed by atoms with E-state index in [0.717, 1.165) is 16.8 Å². The van der Waals surface area contributed by atoms with Gasteiger partial charge in [-0.25, -0.2) is 4.39 Å². The van der Waals surface area contributed by atoms with Crippen LogP contribution in [-0.4, -0.2) is 16.0 Å². The Labute approximate surface area is 183 Å². The fourth-order valence-corrected chi connectivity index (χ4v) is 2.90. The highest BCUT2D eigenvalue weighted by molar-refractivity contribution is 6.35. The number of anilines is 1. The average Bonchev–Trinajstić information content (AvgIpc) is 2.74. The molecule has 0 spiro atoms. The van der Waals surface area contributed by atoms with Crippen molar-refractivity contribution < 1.29 is 9.18 Å². The number of carbonyl (C=O) groups excluding carboxylic acids is 1. The van der Waals surface area contributed by atoms with Crippen molar-refractivity contribution in [2.45, 2.75) is 6.42 Å². The Morgan fingerprint density at radius 2 is 1.80 bits per heavy atom. The van der Waals surface area contributed by atoms with E-state index in [4.69, 9.17) is 23.2 Å². The van der Waals surface area contributed by atoms with Gasteiger partial charge in [0.2, 0.25) is 0 Å². The number of carbonyl (C=O) groups is 1. The molecule has 3 aromatic rings. The van der Waals surface area contributed by atoms with Gasteiger partial charge in [-0.05, 0) is 53.6 Å². The number of hydrazine groups is 1. The van der Waals surface area contributed by atoms with E-state index in [1.54, 1.807) is 36.4 Å². The molecule has 0 bridgehead atoms. The van der Waals surface area contributed by atoms with Crippen molar-refractivity contribution in [2.24, 2.45) is 0 Å². The Balaban J connectivity index is 1.46. The summed E-state index contributed by atoms with van der Waals surface area (Å²) in [5, 5.41) is 9.37. The first-order valence-corrected chi connectivity index (χ1v) is 9.67.